The number of anilines is 1. The van der Waals surface area contributed by atoms with Gasteiger partial charge in [-0.25, -0.2) is 13.6 Å². The van der Waals surface area contributed by atoms with E-state index in [1.807, 2.05) is 30.1 Å². The van der Waals surface area contributed by atoms with E-state index in [4.69, 9.17) is 14.6 Å². The van der Waals surface area contributed by atoms with Crippen LogP contribution in [0.25, 0.3) is 0 Å². The molecule has 0 aliphatic rings. The maximum absolute atomic E-state index is 12.5. The number of primary sulfonamides is 1. The zero-order chi connectivity index (χ0) is 21.6. The van der Waals surface area contributed by atoms with Gasteiger partial charge in [0.1, 0.15) is 0 Å². The van der Waals surface area contributed by atoms with Gasteiger partial charge in [0.2, 0.25) is 15.9 Å². The van der Waals surface area contributed by atoms with Gasteiger partial charge in [0.15, 0.2) is 11.5 Å². The molecule has 0 saturated heterocycles. The molecule has 2 rings (SSSR count). The lowest BCUT2D eigenvalue weighted by molar-refractivity contribution is -0.120. The normalized spacial score (nSPS) is 12.5. The molecule has 0 spiro atoms. The van der Waals surface area contributed by atoms with Gasteiger partial charge in [-0.1, -0.05) is 12.1 Å². The maximum Gasteiger partial charge on any atom is 0.241 e. The van der Waals surface area contributed by atoms with Crippen molar-refractivity contribution in [3.05, 3.63) is 48.0 Å². The van der Waals surface area contributed by atoms with Gasteiger partial charge < -0.3 is 14.8 Å². The predicted molar refractivity (Wildman–Crippen MR) is 112 cm³/mol. The Bertz CT molecular complexity index is 962. The molecule has 0 saturated carbocycles. The molecule has 2 aromatic carbocycles. The summed E-state index contributed by atoms with van der Waals surface area (Å²) >= 11 is 0. The second kappa shape index (κ2) is 9.73. The standard InChI is InChI=1S/C20H27N3O5S/c1-14(20(24)22-16-6-5-7-17(13-16)29(21,25)26)23(2)11-10-15-8-9-18(27-3)19(12-15)28-4/h5-9,12-14H,10-11H2,1-4H3,(H,22,24)(H2,21,25,26)/t14-/m0/s1. The minimum Gasteiger partial charge on any atom is -0.493 e. The number of methoxy groups -OCH3 is 2. The Morgan fingerprint density at radius 2 is 1.83 bits per heavy atom. The van der Waals surface area contributed by atoms with Crippen molar-refractivity contribution in [2.24, 2.45) is 5.14 Å². The highest BCUT2D eigenvalue weighted by molar-refractivity contribution is 7.89. The summed E-state index contributed by atoms with van der Waals surface area (Å²) in [6, 6.07) is 11.2. The Balaban J connectivity index is 1.97. The van der Waals surface area contributed by atoms with Crippen LogP contribution < -0.4 is 19.9 Å². The van der Waals surface area contributed by atoms with Crippen molar-refractivity contribution in [1.82, 2.24) is 4.90 Å². The lowest BCUT2D eigenvalue weighted by Crippen LogP contribution is -2.40. The van der Waals surface area contributed by atoms with Crippen LogP contribution in [0.5, 0.6) is 11.5 Å². The number of ether oxygens (including phenoxy) is 2. The van der Waals surface area contributed by atoms with Gasteiger partial charge in [-0.15, -0.1) is 0 Å². The maximum atomic E-state index is 12.5. The lowest BCUT2D eigenvalue weighted by atomic mass is 10.1. The van der Waals surface area contributed by atoms with Crippen LogP contribution in [0.3, 0.4) is 0 Å². The van der Waals surface area contributed by atoms with Crippen molar-refractivity contribution < 1.29 is 22.7 Å². The minimum absolute atomic E-state index is 0.0511. The fourth-order valence-electron chi connectivity index (χ4n) is 2.73. The number of sulfonamides is 1. The molecule has 1 amide bonds. The van der Waals surface area contributed by atoms with Crippen molar-refractivity contribution in [3.63, 3.8) is 0 Å². The van der Waals surface area contributed by atoms with Crippen LogP contribution in [-0.4, -0.2) is 53.1 Å². The zero-order valence-electron chi connectivity index (χ0n) is 17.0. The van der Waals surface area contributed by atoms with Gasteiger partial charge in [-0.3, -0.25) is 9.69 Å². The molecule has 0 heterocycles. The summed E-state index contributed by atoms with van der Waals surface area (Å²) in [5.74, 6) is 1.08. The first-order valence-corrected chi connectivity index (χ1v) is 10.5. The number of hydrogen-bond acceptors (Lipinski definition) is 6. The SMILES string of the molecule is COc1ccc(CCN(C)[C@@H](C)C(=O)Nc2cccc(S(N)(=O)=O)c2)cc1OC. The average molecular weight is 422 g/mol. The Morgan fingerprint density at radius 3 is 2.45 bits per heavy atom. The summed E-state index contributed by atoms with van der Waals surface area (Å²) in [6.45, 7) is 2.43. The number of carbonyl (C=O) groups excluding carboxylic acids is 1. The first-order valence-electron chi connectivity index (χ1n) is 9.00. The third-order valence-corrected chi connectivity index (χ3v) is 5.58. The summed E-state index contributed by atoms with van der Waals surface area (Å²) in [6.07, 6.45) is 0.718. The van der Waals surface area contributed by atoms with Crippen LogP contribution in [0.4, 0.5) is 5.69 Å². The van der Waals surface area contributed by atoms with Crippen molar-refractivity contribution in [2.75, 3.05) is 33.1 Å². The highest BCUT2D eigenvalue weighted by Gasteiger charge is 2.19. The molecule has 3 N–H and O–H groups in total. The van der Waals surface area contributed by atoms with Crippen LogP contribution >= 0.6 is 0 Å². The van der Waals surface area contributed by atoms with E-state index in [1.54, 1.807) is 27.2 Å². The molecule has 8 nitrogen and oxygen atoms in total. The van der Waals surface area contributed by atoms with Crippen LogP contribution in [0, 0.1) is 0 Å². The Morgan fingerprint density at radius 1 is 1.14 bits per heavy atom. The molecule has 2 aromatic rings. The van der Waals surface area contributed by atoms with E-state index < -0.39 is 16.1 Å². The van der Waals surface area contributed by atoms with E-state index in [1.165, 1.54) is 18.2 Å². The molecule has 0 unspecified atom stereocenters. The van der Waals surface area contributed by atoms with Gasteiger partial charge in [0, 0.05) is 12.2 Å². The lowest BCUT2D eigenvalue weighted by Gasteiger charge is -2.24. The number of rotatable bonds is 9. The van der Waals surface area contributed by atoms with Crippen molar-refractivity contribution >= 4 is 21.6 Å². The Hall–Kier alpha value is -2.62. The molecule has 9 heteroatoms. The van der Waals surface area contributed by atoms with Gasteiger partial charge in [-0.05, 0) is 56.3 Å². The van der Waals surface area contributed by atoms with Gasteiger partial charge in [0.05, 0.1) is 25.2 Å². The summed E-state index contributed by atoms with van der Waals surface area (Å²) in [5.41, 5.74) is 1.43. The molecule has 1 atom stereocenters. The number of nitrogens with one attached hydrogen (secondary N) is 1. The van der Waals surface area contributed by atoms with E-state index in [2.05, 4.69) is 5.32 Å². The fourth-order valence-corrected chi connectivity index (χ4v) is 3.29. The van der Waals surface area contributed by atoms with Gasteiger partial charge in [0.25, 0.3) is 0 Å². The molecule has 0 aliphatic carbocycles. The second-order valence-corrected chi connectivity index (χ2v) is 8.22. The topological polar surface area (TPSA) is 111 Å². The van der Waals surface area contributed by atoms with Gasteiger partial charge in [-0.2, -0.15) is 0 Å². The molecule has 0 aliphatic heterocycles. The fraction of sp³-hybridized carbons (Fsp3) is 0.350. The van der Waals surface area contributed by atoms with Crippen molar-refractivity contribution in [1.29, 1.82) is 0 Å². The third kappa shape index (κ3) is 6.18. The zero-order valence-corrected chi connectivity index (χ0v) is 17.8. The number of amides is 1. The Labute approximate surface area is 171 Å². The predicted octanol–water partition coefficient (Wildman–Crippen LogP) is 1.85. The van der Waals surface area contributed by atoms with E-state index >= 15 is 0 Å². The smallest absolute Gasteiger partial charge is 0.241 e. The highest BCUT2D eigenvalue weighted by atomic mass is 32.2. The monoisotopic (exact) mass is 421 g/mol. The van der Waals surface area contributed by atoms with Crippen molar-refractivity contribution in [3.8, 4) is 11.5 Å². The summed E-state index contributed by atoms with van der Waals surface area (Å²) in [5, 5.41) is 7.86. The number of likely N-dealkylation sites (N-methyl/N-ethyl adjacent to an activating group) is 1. The van der Waals surface area contributed by atoms with Crippen LogP contribution in [0.2, 0.25) is 0 Å². The van der Waals surface area contributed by atoms with E-state index in [0.717, 1.165) is 12.0 Å². The molecule has 29 heavy (non-hydrogen) atoms. The van der Waals surface area contributed by atoms with Crippen LogP contribution in [-0.2, 0) is 21.2 Å². The first-order chi connectivity index (χ1) is 13.7. The number of hydrogen-bond donors (Lipinski definition) is 2. The third-order valence-electron chi connectivity index (χ3n) is 4.67. The number of carbonyl (C=O) groups is 1. The van der Waals surface area contributed by atoms with Gasteiger partial charge >= 0.3 is 0 Å². The Kier molecular flexibility index (Phi) is 7.60. The van der Waals surface area contributed by atoms with Crippen LogP contribution in [0.1, 0.15) is 12.5 Å². The highest BCUT2D eigenvalue weighted by Crippen LogP contribution is 2.27. The average Bonchev–Trinajstić information content (AvgIpc) is 2.70. The molecule has 0 fully saturated rings. The van der Waals surface area contributed by atoms with Crippen molar-refractivity contribution in [2.45, 2.75) is 24.3 Å². The molecule has 158 valence electrons. The number of nitrogens with two attached hydrogens (primary N) is 1. The minimum atomic E-state index is -3.83. The van der Waals surface area contributed by atoms with E-state index in [-0.39, 0.29) is 10.8 Å². The summed E-state index contributed by atoms with van der Waals surface area (Å²) < 4.78 is 33.5. The first kappa shape index (κ1) is 22.7. The largest absolute Gasteiger partial charge is 0.493 e. The number of nitrogens with zero attached hydrogens (tertiary/aromatic N) is 1. The summed E-state index contributed by atoms with van der Waals surface area (Å²) in [4.78, 5) is 14.4. The van der Waals surface area contributed by atoms with E-state index in [9.17, 15) is 13.2 Å². The molecular formula is C20H27N3O5S. The quantitative estimate of drug-likeness (QED) is 0.639. The summed E-state index contributed by atoms with van der Waals surface area (Å²) in [7, 11) is 1.20. The molecule has 0 aromatic heterocycles. The second-order valence-electron chi connectivity index (χ2n) is 6.66. The molecular weight excluding hydrogens is 394 g/mol. The van der Waals surface area contributed by atoms with Crippen LogP contribution in [0.15, 0.2) is 47.4 Å². The molecule has 0 radical (unpaired) electrons. The number of benzene rings is 2. The van der Waals surface area contributed by atoms with E-state index in [0.29, 0.717) is 23.7 Å². The molecule has 0 bridgehead atoms.